The molecule has 1 saturated carbocycles. The van der Waals surface area contributed by atoms with Crippen LogP contribution in [0.25, 0.3) is 0 Å². The van der Waals surface area contributed by atoms with Crippen molar-refractivity contribution in [1.29, 1.82) is 0 Å². The summed E-state index contributed by atoms with van der Waals surface area (Å²) >= 11 is 0. The molecule has 2 aromatic carbocycles. The van der Waals surface area contributed by atoms with E-state index in [0.29, 0.717) is 26.1 Å². The molecule has 1 N–H and O–H groups in total. The largest absolute Gasteiger partial charge is 0.372 e. The van der Waals surface area contributed by atoms with E-state index in [9.17, 15) is 9.90 Å². The molecule has 1 fully saturated rings. The van der Waals surface area contributed by atoms with Crippen LogP contribution in [0.5, 0.6) is 0 Å². The number of ether oxygens (including phenoxy) is 4. The molecule has 39 heavy (non-hydrogen) atoms. The van der Waals surface area contributed by atoms with Crippen LogP contribution in [0, 0.1) is 23.2 Å². The van der Waals surface area contributed by atoms with Gasteiger partial charge in [0.1, 0.15) is 31.1 Å². The maximum absolute atomic E-state index is 12.5. The normalized spacial score (nSPS) is 26.2. The molecule has 0 bridgehead atoms. The summed E-state index contributed by atoms with van der Waals surface area (Å²) in [5.74, 6) is 5.86. The number of ketones is 1. The van der Waals surface area contributed by atoms with Crippen LogP contribution < -0.4 is 0 Å². The van der Waals surface area contributed by atoms with Gasteiger partial charge in [-0.05, 0) is 43.7 Å². The first kappa shape index (κ1) is 30.7. The van der Waals surface area contributed by atoms with Crippen molar-refractivity contribution < 1.29 is 28.8 Å². The number of rotatable bonds is 14. The van der Waals surface area contributed by atoms with E-state index in [1.54, 1.807) is 13.0 Å². The molecule has 0 radical (unpaired) electrons. The summed E-state index contributed by atoms with van der Waals surface area (Å²) in [6.07, 6.45) is 2.20. The Morgan fingerprint density at radius 3 is 2.15 bits per heavy atom. The molecule has 0 spiro atoms. The smallest absolute Gasteiger partial charge is 0.181 e. The second kappa shape index (κ2) is 14.0. The molecule has 6 heteroatoms. The minimum absolute atomic E-state index is 0.0320. The van der Waals surface area contributed by atoms with E-state index >= 15 is 0 Å². The molecule has 3 rings (SSSR count). The molecule has 0 aromatic heterocycles. The molecular formula is C33H42O6. The fraction of sp³-hybridized carbons (Fsp3) is 0.485. The summed E-state index contributed by atoms with van der Waals surface area (Å²) in [7, 11) is 0. The first-order chi connectivity index (χ1) is 18.7. The van der Waals surface area contributed by atoms with E-state index in [4.69, 9.17) is 18.9 Å². The van der Waals surface area contributed by atoms with E-state index in [1.807, 2.05) is 74.5 Å². The second-order valence-corrected chi connectivity index (χ2v) is 10.6. The van der Waals surface area contributed by atoms with Gasteiger partial charge < -0.3 is 24.1 Å². The van der Waals surface area contributed by atoms with Crippen LogP contribution in [0.4, 0.5) is 0 Å². The van der Waals surface area contributed by atoms with E-state index < -0.39 is 22.7 Å². The zero-order valence-electron chi connectivity index (χ0n) is 23.7. The fourth-order valence-electron chi connectivity index (χ4n) is 5.76. The SMILES string of the molecule is C=CC(C)(CC(C)=O)[C@@]1(OCOCc2ccccc2)CCC(C)C(OCOCc2ccccc2)C1(O)C#CC. The van der Waals surface area contributed by atoms with Crippen molar-refractivity contribution in [2.45, 2.75) is 77.5 Å². The number of benzene rings is 2. The third kappa shape index (κ3) is 7.05. The third-order valence-electron chi connectivity index (χ3n) is 7.74. The quantitative estimate of drug-likeness (QED) is 0.142. The lowest BCUT2D eigenvalue weighted by atomic mass is 9.54. The Bertz CT molecular complexity index is 1120. The van der Waals surface area contributed by atoms with Gasteiger partial charge in [-0.25, -0.2) is 0 Å². The Labute approximate surface area is 233 Å². The van der Waals surface area contributed by atoms with Crippen molar-refractivity contribution in [3.8, 4) is 11.8 Å². The van der Waals surface area contributed by atoms with E-state index in [-0.39, 0.29) is 31.7 Å². The van der Waals surface area contributed by atoms with E-state index in [0.717, 1.165) is 11.1 Å². The number of carbonyl (C=O) groups is 1. The predicted octanol–water partition coefficient (Wildman–Crippen LogP) is 5.83. The zero-order chi connectivity index (χ0) is 28.4. The van der Waals surface area contributed by atoms with Crippen molar-refractivity contribution >= 4 is 5.78 Å². The molecule has 0 aliphatic heterocycles. The highest BCUT2D eigenvalue weighted by Gasteiger charge is 2.67. The molecule has 2 aromatic rings. The van der Waals surface area contributed by atoms with Crippen LogP contribution >= 0.6 is 0 Å². The van der Waals surface area contributed by atoms with Gasteiger partial charge in [0.05, 0.1) is 13.2 Å². The maximum Gasteiger partial charge on any atom is 0.181 e. The Balaban J connectivity index is 1.89. The highest BCUT2D eigenvalue weighted by Crippen LogP contribution is 2.55. The number of Topliss-reactive ketones (excluding diaryl/α,β-unsaturated/α-hetero) is 1. The molecule has 5 atom stereocenters. The van der Waals surface area contributed by atoms with Crippen LogP contribution in [-0.4, -0.2) is 41.8 Å². The van der Waals surface area contributed by atoms with E-state index in [2.05, 4.69) is 18.4 Å². The molecule has 0 heterocycles. The van der Waals surface area contributed by atoms with E-state index in [1.165, 1.54) is 6.92 Å². The first-order valence-corrected chi connectivity index (χ1v) is 13.5. The van der Waals surface area contributed by atoms with Gasteiger partial charge in [-0.15, -0.1) is 12.5 Å². The lowest BCUT2D eigenvalue weighted by Crippen LogP contribution is -2.72. The van der Waals surface area contributed by atoms with Gasteiger partial charge in [-0.3, -0.25) is 4.79 Å². The van der Waals surface area contributed by atoms with Crippen LogP contribution in [0.3, 0.4) is 0 Å². The lowest BCUT2D eigenvalue weighted by Gasteiger charge is -2.59. The van der Waals surface area contributed by atoms with Gasteiger partial charge in [-0.2, -0.15) is 0 Å². The van der Waals surface area contributed by atoms with Crippen molar-refractivity contribution in [3.05, 3.63) is 84.4 Å². The monoisotopic (exact) mass is 534 g/mol. The summed E-state index contributed by atoms with van der Waals surface area (Å²) in [5, 5.41) is 12.5. The average molecular weight is 535 g/mol. The number of carbonyl (C=O) groups excluding carboxylic acids is 1. The molecular weight excluding hydrogens is 492 g/mol. The van der Waals surface area contributed by atoms with Crippen molar-refractivity contribution in [2.75, 3.05) is 13.6 Å². The van der Waals surface area contributed by atoms with Gasteiger partial charge in [0.25, 0.3) is 0 Å². The first-order valence-electron chi connectivity index (χ1n) is 13.5. The Hall–Kier alpha value is -2.79. The van der Waals surface area contributed by atoms with Gasteiger partial charge in [0.2, 0.25) is 0 Å². The minimum atomic E-state index is -1.77. The zero-order valence-corrected chi connectivity index (χ0v) is 23.7. The minimum Gasteiger partial charge on any atom is -0.372 e. The number of aliphatic hydroxyl groups is 1. The van der Waals surface area contributed by atoms with Crippen molar-refractivity contribution in [2.24, 2.45) is 11.3 Å². The summed E-state index contributed by atoms with van der Waals surface area (Å²) in [6, 6.07) is 19.6. The summed E-state index contributed by atoms with van der Waals surface area (Å²) in [4.78, 5) is 12.5. The van der Waals surface area contributed by atoms with Crippen LogP contribution in [0.15, 0.2) is 73.3 Å². The molecule has 0 saturated heterocycles. The van der Waals surface area contributed by atoms with Gasteiger partial charge in [-0.1, -0.05) is 86.5 Å². The molecule has 210 valence electrons. The Morgan fingerprint density at radius 1 is 1.08 bits per heavy atom. The van der Waals surface area contributed by atoms with Gasteiger partial charge >= 0.3 is 0 Å². The van der Waals surface area contributed by atoms with Crippen molar-refractivity contribution in [3.63, 3.8) is 0 Å². The van der Waals surface area contributed by atoms with Gasteiger partial charge in [0, 0.05) is 11.8 Å². The molecule has 0 amide bonds. The van der Waals surface area contributed by atoms with Crippen molar-refractivity contribution in [1.82, 2.24) is 0 Å². The molecule has 1 aliphatic carbocycles. The third-order valence-corrected chi connectivity index (χ3v) is 7.74. The fourth-order valence-corrected chi connectivity index (χ4v) is 5.76. The van der Waals surface area contributed by atoms with Crippen LogP contribution in [0.1, 0.15) is 58.1 Å². The van der Waals surface area contributed by atoms with Crippen LogP contribution in [-0.2, 0) is 37.0 Å². The summed E-state index contributed by atoms with van der Waals surface area (Å²) < 4.78 is 24.5. The highest BCUT2D eigenvalue weighted by molar-refractivity contribution is 5.77. The maximum atomic E-state index is 12.5. The summed E-state index contributed by atoms with van der Waals surface area (Å²) in [5.41, 5.74) is -2.04. The Morgan fingerprint density at radius 2 is 1.64 bits per heavy atom. The molecule has 6 nitrogen and oxygen atoms in total. The second-order valence-electron chi connectivity index (χ2n) is 10.6. The standard InChI is InChI=1S/C33H42O6/c1-6-19-32(35)30(38-24-36-22-28-14-10-8-11-15-28)26(3)18-20-33(32,31(5,7-2)21-27(4)34)39-25-37-23-29-16-12-9-13-17-29/h7-17,26,30,35H,2,18,20-25H2,1,3-5H3/t26?,30?,31?,32?,33-/m0/s1. The topological polar surface area (TPSA) is 74.2 Å². The van der Waals surface area contributed by atoms with Gasteiger partial charge in [0.15, 0.2) is 5.60 Å². The summed E-state index contributed by atoms with van der Waals surface area (Å²) in [6.45, 7) is 11.8. The molecule has 4 unspecified atom stereocenters. The average Bonchev–Trinajstić information content (AvgIpc) is 2.92. The molecule has 1 aliphatic rings. The predicted molar refractivity (Wildman–Crippen MR) is 151 cm³/mol. The lowest BCUT2D eigenvalue weighted by molar-refractivity contribution is -0.304. The number of hydrogen-bond donors (Lipinski definition) is 1. The van der Waals surface area contributed by atoms with Crippen LogP contribution in [0.2, 0.25) is 0 Å². The Kier molecular flexibility index (Phi) is 11.1. The number of hydrogen-bond acceptors (Lipinski definition) is 6. The highest BCUT2D eigenvalue weighted by atomic mass is 16.7.